The third kappa shape index (κ3) is 4.89. The van der Waals surface area contributed by atoms with Crippen molar-refractivity contribution in [3.05, 3.63) is 63.1 Å². The summed E-state index contributed by atoms with van der Waals surface area (Å²) in [5.74, 6) is -0.0772. The quantitative estimate of drug-likeness (QED) is 0.426. The third-order valence-electron chi connectivity index (χ3n) is 6.92. The molecule has 2 aromatic carbocycles. The van der Waals surface area contributed by atoms with E-state index in [4.69, 9.17) is 4.43 Å². The molecule has 0 heterocycles. The molecule has 0 unspecified atom stereocenters. The van der Waals surface area contributed by atoms with Gasteiger partial charge in [0.05, 0.1) is 6.61 Å². The van der Waals surface area contributed by atoms with Crippen molar-refractivity contribution in [2.75, 3.05) is 5.32 Å². The molecule has 3 nitrogen and oxygen atoms in total. The minimum absolute atomic E-state index is 0.0772. The van der Waals surface area contributed by atoms with E-state index >= 15 is 0 Å². The number of anilines is 1. The molecule has 0 spiro atoms. The summed E-state index contributed by atoms with van der Waals surface area (Å²) >= 11 is 3.65. The Labute approximate surface area is 190 Å². The van der Waals surface area contributed by atoms with Crippen LogP contribution in [0.3, 0.4) is 0 Å². The van der Waals surface area contributed by atoms with Crippen molar-refractivity contribution >= 4 is 35.8 Å². The molecule has 30 heavy (non-hydrogen) atoms. The second-order valence-corrected chi connectivity index (χ2v) is 16.0. The minimum Gasteiger partial charge on any atom is -0.412 e. The van der Waals surface area contributed by atoms with Gasteiger partial charge in [-0.05, 0) is 72.6 Å². The highest BCUT2D eigenvalue weighted by Crippen LogP contribution is 2.47. The van der Waals surface area contributed by atoms with Crippen LogP contribution in [-0.4, -0.2) is 14.2 Å². The van der Waals surface area contributed by atoms with Gasteiger partial charge in [-0.15, -0.1) is 0 Å². The van der Waals surface area contributed by atoms with Crippen LogP contribution in [0.1, 0.15) is 67.6 Å². The number of aryl methyl sites for hydroxylation is 1. The highest BCUT2D eigenvalue weighted by atomic mass is 79.9. The third-order valence-corrected chi connectivity index (χ3v) is 12.1. The molecule has 1 aliphatic carbocycles. The summed E-state index contributed by atoms with van der Waals surface area (Å²) in [7, 11) is -1.90. The monoisotopic (exact) mass is 487 g/mol. The molecule has 0 aromatic heterocycles. The summed E-state index contributed by atoms with van der Waals surface area (Å²) in [5.41, 5.74) is 5.16. The predicted molar refractivity (Wildman–Crippen MR) is 132 cm³/mol. The van der Waals surface area contributed by atoms with Crippen LogP contribution < -0.4 is 5.32 Å². The summed E-state index contributed by atoms with van der Waals surface area (Å²) < 4.78 is 7.38. The Balaban J connectivity index is 1.80. The molecule has 0 aliphatic heterocycles. The first-order chi connectivity index (χ1) is 13.8. The second kappa shape index (κ2) is 8.25. The lowest BCUT2D eigenvalue weighted by molar-refractivity contribution is 0.102. The van der Waals surface area contributed by atoms with Crippen LogP contribution in [0, 0.1) is 6.92 Å². The lowest BCUT2D eigenvalue weighted by Gasteiger charge is -2.36. The maximum absolute atomic E-state index is 13.1. The Bertz CT molecular complexity index is 958. The van der Waals surface area contributed by atoms with Gasteiger partial charge in [0.15, 0.2) is 8.32 Å². The average Bonchev–Trinajstić information content (AvgIpc) is 3.39. The van der Waals surface area contributed by atoms with Crippen LogP contribution in [0.5, 0.6) is 0 Å². The highest BCUT2D eigenvalue weighted by molar-refractivity contribution is 9.10. The molecule has 0 bridgehead atoms. The molecule has 5 heteroatoms. The maximum Gasteiger partial charge on any atom is 0.255 e. The molecule has 162 valence electrons. The van der Waals surface area contributed by atoms with E-state index in [0.717, 1.165) is 26.9 Å². The van der Waals surface area contributed by atoms with E-state index in [-0.39, 0.29) is 10.9 Å². The van der Waals surface area contributed by atoms with Crippen molar-refractivity contribution < 1.29 is 9.22 Å². The molecule has 1 aliphatic rings. The second-order valence-electron chi connectivity index (χ2n) is 10.4. The van der Waals surface area contributed by atoms with Gasteiger partial charge in [0, 0.05) is 21.3 Å². The van der Waals surface area contributed by atoms with Gasteiger partial charge < -0.3 is 9.74 Å². The number of hydrogen-bond acceptors (Lipinski definition) is 2. The van der Waals surface area contributed by atoms with E-state index in [1.54, 1.807) is 0 Å². The lowest BCUT2D eigenvalue weighted by atomic mass is 9.94. The zero-order chi connectivity index (χ0) is 22.3. The van der Waals surface area contributed by atoms with Crippen molar-refractivity contribution in [3.8, 4) is 0 Å². The molecule has 0 atom stereocenters. The van der Waals surface area contributed by atoms with Crippen LogP contribution in [0.15, 0.2) is 40.9 Å². The number of nitrogens with one attached hydrogen (secondary N) is 1. The number of carbonyl (C=O) groups is 1. The molecule has 1 saturated carbocycles. The van der Waals surface area contributed by atoms with Crippen LogP contribution in [-0.2, 0) is 16.4 Å². The Morgan fingerprint density at radius 3 is 2.43 bits per heavy atom. The van der Waals surface area contributed by atoms with E-state index in [2.05, 4.69) is 74.2 Å². The van der Waals surface area contributed by atoms with Crippen molar-refractivity contribution in [3.63, 3.8) is 0 Å². The van der Waals surface area contributed by atoms with Crippen molar-refractivity contribution in [2.45, 2.75) is 77.6 Å². The van der Waals surface area contributed by atoms with Gasteiger partial charge >= 0.3 is 0 Å². The number of hydrogen-bond donors (Lipinski definition) is 1. The molecule has 1 amide bonds. The first kappa shape index (κ1) is 23.2. The van der Waals surface area contributed by atoms with Crippen LogP contribution in [0.2, 0.25) is 18.1 Å². The standard InChI is InChI=1S/C25H34BrNO2Si/c1-17-15-18(25(5)13-14-25)11-12-19(17)23(28)27-22-10-8-9-21(26)20(22)16-29-30(6,7)24(2,3)4/h8-12,15H,13-14,16H2,1-7H3,(H,27,28). The Morgan fingerprint density at radius 2 is 1.87 bits per heavy atom. The summed E-state index contributed by atoms with van der Waals surface area (Å²) in [4.78, 5) is 13.1. The van der Waals surface area contributed by atoms with E-state index in [9.17, 15) is 4.79 Å². The fraction of sp³-hybridized carbons (Fsp3) is 0.480. The van der Waals surface area contributed by atoms with Crippen LogP contribution in [0.4, 0.5) is 5.69 Å². The van der Waals surface area contributed by atoms with Gasteiger partial charge in [0.25, 0.3) is 5.91 Å². The molecule has 1 fully saturated rings. The van der Waals surface area contributed by atoms with Crippen LogP contribution >= 0.6 is 15.9 Å². The van der Waals surface area contributed by atoms with E-state index < -0.39 is 8.32 Å². The fourth-order valence-corrected chi connectivity index (χ4v) is 4.67. The van der Waals surface area contributed by atoms with Gasteiger partial charge in [0.2, 0.25) is 0 Å². The van der Waals surface area contributed by atoms with Gasteiger partial charge in [-0.1, -0.05) is 61.8 Å². The normalized spacial score (nSPS) is 15.7. The molecule has 0 radical (unpaired) electrons. The zero-order valence-electron chi connectivity index (χ0n) is 19.3. The van der Waals surface area contributed by atoms with Crippen LogP contribution in [0.25, 0.3) is 0 Å². The first-order valence-electron chi connectivity index (χ1n) is 10.7. The lowest BCUT2D eigenvalue weighted by Crippen LogP contribution is -2.40. The number of carbonyl (C=O) groups excluding carboxylic acids is 1. The van der Waals surface area contributed by atoms with Gasteiger partial charge in [-0.25, -0.2) is 0 Å². The Morgan fingerprint density at radius 1 is 1.20 bits per heavy atom. The van der Waals surface area contributed by atoms with Crippen molar-refractivity contribution in [1.29, 1.82) is 0 Å². The summed E-state index contributed by atoms with van der Waals surface area (Å²) in [6.07, 6.45) is 2.46. The SMILES string of the molecule is Cc1cc(C2(C)CC2)ccc1C(=O)Nc1cccc(Br)c1CO[Si](C)(C)C(C)(C)C. The topological polar surface area (TPSA) is 38.3 Å². The fourth-order valence-electron chi connectivity index (χ4n) is 3.25. The summed E-state index contributed by atoms with van der Waals surface area (Å²) in [6, 6.07) is 12.1. The number of benzene rings is 2. The molecular formula is C25H34BrNO2Si. The highest BCUT2D eigenvalue weighted by Gasteiger charge is 2.39. The van der Waals surface area contributed by atoms with Gasteiger partial charge in [0.1, 0.15) is 0 Å². The predicted octanol–water partition coefficient (Wildman–Crippen LogP) is 7.58. The maximum atomic E-state index is 13.1. The largest absolute Gasteiger partial charge is 0.412 e. The zero-order valence-corrected chi connectivity index (χ0v) is 21.9. The molecule has 1 N–H and O–H groups in total. The average molecular weight is 489 g/mol. The van der Waals surface area contributed by atoms with E-state index in [1.165, 1.54) is 18.4 Å². The van der Waals surface area contributed by atoms with Crippen molar-refractivity contribution in [1.82, 2.24) is 0 Å². The number of halogens is 1. The summed E-state index contributed by atoms with van der Waals surface area (Å²) in [5, 5.41) is 3.26. The molecule has 3 rings (SSSR count). The molecule has 2 aromatic rings. The van der Waals surface area contributed by atoms with Gasteiger partial charge in [-0.2, -0.15) is 0 Å². The number of rotatable bonds is 6. The molecular weight excluding hydrogens is 454 g/mol. The Kier molecular flexibility index (Phi) is 6.39. The van der Waals surface area contributed by atoms with E-state index in [0.29, 0.717) is 12.0 Å². The minimum atomic E-state index is -1.90. The number of amides is 1. The smallest absolute Gasteiger partial charge is 0.255 e. The summed E-state index contributed by atoms with van der Waals surface area (Å²) in [6.45, 7) is 16.0. The van der Waals surface area contributed by atoms with Gasteiger partial charge in [-0.3, -0.25) is 4.79 Å². The van der Waals surface area contributed by atoms with E-state index in [1.807, 2.05) is 31.2 Å². The Hall–Kier alpha value is -1.43. The molecule has 0 saturated heterocycles. The van der Waals surface area contributed by atoms with Crippen molar-refractivity contribution in [2.24, 2.45) is 0 Å². The first-order valence-corrected chi connectivity index (χ1v) is 14.4.